The van der Waals surface area contributed by atoms with Crippen LogP contribution in [-0.4, -0.2) is 29.9 Å². The number of fused-ring (bicyclic) bond motifs is 2. The molecular formula is C16H14NO5-. The van der Waals surface area contributed by atoms with E-state index in [2.05, 4.69) is 5.32 Å². The van der Waals surface area contributed by atoms with Gasteiger partial charge in [-0.15, -0.1) is 0 Å². The molecule has 0 saturated carbocycles. The van der Waals surface area contributed by atoms with Crippen LogP contribution in [-0.2, 0) is 14.3 Å². The second kappa shape index (κ2) is 5.38. The maximum absolute atomic E-state index is 12.5. The average molecular weight is 300 g/mol. The monoisotopic (exact) mass is 300 g/mol. The van der Waals surface area contributed by atoms with Crippen molar-refractivity contribution in [3.8, 4) is 0 Å². The maximum atomic E-state index is 12.5. The molecule has 1 fully saturated rings. The normalized spacial score (nSPS) is 28.6. The molecule has 6 nitrogen and oxygen atoms in total. The highest BCUT2D eigenvalue weighted by Gasteiger charge is 2.50. The van der Waals surface area contributed by atoms with E-state index in [-0.39, 0.29) is 5.78 Å². The van der Waals surface area contributed by atoms with Crippen LogP contribution in [0.1, 0.15) is 17.3 Å². The predicted octanol–water partition coefficient (Wildman–Crippen LogP) is 0.147. The molecule has 1 N–H and O–H groups in total. The highest BCUT2D eigenvalue weighted by Crippen LogP contribution is 2.39. The van der Waals surface area contributed by atoms with Gasteiger partial charge in [-0.1, -0.05) is 24.3 Å². The molecule has 6 heteroatoms. The molecular weight excluding hydrogens is 286 g/mol. The summed E-state index contributed by atoms with van der Waals surface area (Å²) in [5.74, 6) is -3.85. The van der Waals surface area contributed by atoms with Crippen molar-refractivity contribution in [1.82, 2.24) is 0 Å². The first-order valence-electron chi connectivity index (χ1n) is 6.94. The van der Waals surface area contributed by atoms with Gasteiger partial charge < -0.3 is 20.0 Å². The van der Waals surface area contributed by atoms with Crippen molar-refractivity contribution in [2.45, 2.75) is 19.1 Å². The Labute approximate surface area is 126 Å². The number of rotatable bonds is 4. The van der Waals surface area contributed by atoms with E-state index < -0.39 is 35.9 Å². The molecule has 0 spiro atoms. The lowest BCUT2D eigenvalue weighted by Crippen LogP contribution is -2.45. The fourth-order valence-electron chi connectivity index (χ4n) is 3.02. The highest BCUT2D eigenvalue weighted by atomic mass is 16.5. The van der Waals surface area contributed by atoms with E-state index in [0.717, 1.165) is 0 Å². The Morgan fingerprint density at radius 2 is 1.73 bits per heavy atom. The Morgan fingerprint density at radius 3 is 2.36 bits per heavy atom. The maximum Gasteiger partial charge on any atom is 0.231 e. The molecule has 114 valence electrons. The first-order chi connectivity index (χ1) is 10.5. The van der Waals surface area contributed by atoms with Crippen LogP contribution in [0.15, 0.2) is 36.4 Å². The summed E-state index contributed by atoms with van der Waals surface area (Å²) in [4.78, 5) is 35.3. The molecule has 1 aromatic carbocycles. The van der Waals surface area contributed by atoms with E-state index in [0.29, 0.717) is 11.3 Å². The van der Waals surface area contributed by atoms with E-state index >= 15 is 0 Å². The molecule has 2 aliphatic rings. The Balaban J connectivity index is 1.85. The van der Waals surface area contributed by atoms with Crippen molar-refractivity contribution in [1.29, 1.82) is 0 Å². The number of hydrogen-bond donors (Lipinski definition) is 1. The summed E-state index contributed by atoms with van der Waals surface area (Å²) in [7, 11) is 0. The number of carboxylic acids is 1. The number of hydrogen-bond acceptors (Lipinski definition) is 5. The molecule has 0 aromatic heterocycles. The SMILES string of the molecule is CC(=O)c1ccccc1NC(=O)[C@@H]1[C@@H](C(=O)[O-])[C@@H]2C=C[C@H]1O2. The van der Waals surface area contributed by atoms with Gasteiger partial charge in [0.25, 0.3) is 0 Å². The number of benzene rings is 1. The Morgan fingerprint density at radius 1 is 1.09 bits per heavy atom. The third-order valence-electron chi connectivity index (χ3n) is 4.04. The third kappa shape index (κ3) is 2.31. The zero-order valence-corrected chi connectivity index (χ0v) is 11.8. The molecule has 0 unspecified atom stereocenters. The standard InChI is InChI=1S/C16H15NO5/c1-8(18)9-4-2-3-5-10(9)17-15(19)13-11-6-7-12(22-11)14(13)16(20)21/h2-7,11-14H,1H3,(H,17,19)(H,20,21)/p-1/t11-,12+,13+,14+/m1/s1. The second-order valence-electron chi connectivity index (χ2n) is 5.41. The highest BCUT2D eigenvalue weighted by molar-refractivity contribution is 6.05. The number of ketones is 1. The van der Waals surface area contributed by atoms with Crippen molar-refractivity contribution in [3.63, 3.8) is 0 Å². The number of Topliss-reactive ketones (excluding diaryl/α,β-unsaturated/α-hetero) is 1. The lowest BCUT2D eigenvalue weighted by atomic mass is 9.82. The summed E-state index contributed by atoms with van der Waals surface area (Å²) >= 11 is 0. The molecule has 2 aliphatic heterocycles. The van der Waals surface area contributed by atoms with Crippen molar-refractivity contribution in [2.75, 3.05) is 5.32 Å². The van der Waals surface area contributed by atoms with Gasteiger partial charge in [0, 0.05) is 17.5 Å². The van der Waals surface area contributed by atoms with Crippen molar-refractivity contribution in [3.05, 3.63) is 42.0 Å². The topological polar surface area (TPSA) is 95.5 Å². The lowest BCUT2D eigenvalue weighted by molar-refractivity contribution is -0.313. The molecule has 2 bridgehead atoms. The number of carbonyl (C=O) groups excluding carboxylic acids is 3. The Bertz CT molecular complexity index is 681. The zero-order chi connectivity index (χ0) is 15.9. The van der Waals surface area contributed by atoms with Crippen molar-refractivity contribution in [2.24, 2.45) is 11.8 Å². The van der Waals surface area contributed by atoms with Gasteiger partial charge in [-0.3, -0.25) is 9.59 Å². The number of nitrogens with one attached hydrogen (secondary N) is 1. The summed E-state index contributed by atoms with van der Waals surface area (Å²) in [5.41, 5.74) is 0.740. The van der Waals surface area contributed by atoms with Gasteiger partial charge in [0.1, 0.15) is 0 Å². The van der Waals surface area contributed by atoms with Gasteiger partial charge in [-0.2, -0.15) is 0 Å². The van der Waals surface area contributed by atoms with E-state index in [9.17, 15) is 19.5 Å². The van der Waals surface area contributed by atoms with Crippen LogP contribution < -0.4 is 10.4 Å². The number of anilines is 1. The van der Waals surface area contributed by atoms with Gasteiger partial charge in [0.05, 0.1) is 23.8 Å². The van der Waals surface area contributed by atoms with Crippen LogP contribution >= 0.6 is 0 Å². The van der Waals surface area contributed by atoms with Gasteiger partial charge in [0.2, 0.25) is 5.91 Å². The van der Waals surface area contributed by atoms with Crippen molar-refractivity contribution < 1.29 is 24.2 Å². The largest absolute Gasteiger partial charge is 0.550 e. The van der Waals surface area contributed by atoms with Crippen LogP contribution in [0.4, 0.5) is 5.69 Å². The molecule has 2 heterocycles. The fraction of sp³-hybridized carbons (Fsp3) is 0.312. The summed E-state index contributed by atoms with van der Waals surface area (Å²) < 4.78 is 5.44. The quantitative estimate of drug-likeness (QED) is 0.630. The summed E-state index contributed by atoms with van der Waals surface area (Å²) in [6.45, 7) is 1.40. The number of ether oxygens (including phenoxy) is 1. The zero-order valence-electron chi connectivity index (χ0n) is 11.8. The smallest absolute Gasteiger partial charge is 0.231 e. The van der Waals surface area contributed by atoms with E-state index in [1.165, 1.54) is 6.92 Å². The van der Waals surface area contributed by atoms with Crippen LogP contribution in [0, 0.1) is 11.8 Å². The van der Waals surface area contributed by atoms with Gasteiger partial charge >= 0.3 is 0 Å². The number of amides is 1. The number of aliphatic carboxylic acids is 1. The van der Waals surface area contributed by atoms with Gasteiger partial charge in [-0.05, 0) is 19.1 Å². The first kappa shape index (κ1) is 14.5. The molecule has 3 rings (SSSR count). The number of carbonyl (C=O) groups is 3. The van der Waals surface area contributed by atoms with Crippen LogP contribution in [0.25, 0.3) is 0 Å². The van der Waals surface area contributed by atoms with E-state index in [1.807, 2.05) is 0 Å². The predicted molar refractivity (Wildman–Crippen MR) is 74.9 cm³/mol. The average Bonchev–Trinajstić information content (AvgIpc) is 3.08. The van der Waals surface area contributed by atoms with Gasteiger partial charge in [0.15, 0.2) is 5.78 Å². The summed E-state index contributed by atoms with van der Waals surface area (Å²) in [6, 6.07) is 6.59. The summed E-state index contributed by atoms with van der Waals surface area (Å²) in [6.07, 6.45) is 2.12. The fourth-order valence-corrected chi connectivity index (χ4v) is 3.02. The van der Waals surface area contributed by atoms with Crippen LogP contribution in [0.3, 0.4) is 0 Å². The number of carboxylic acid groups (broad SMARTS) is 1. The summed E-state index contributed by atoms with van der Waals surface area (Å²) in [5, 5.41) is 13.9. The molecule has 22 heavy (non-hydrogen) atoms. The molecule has 0 aliphatic carbocycles. The Kier molecular flexibility index (Phi) is 3.54. The minimum Gasteiger partial charge on any atom is -0.550 e. The molecule has 4 atom stereocenters. The van der Waals surface area contributed by atoms with Crippen molar-refractivity contribution >= 4 is 23.3 Å². The minimum absolute atomic E-state index is 0.184. The first-order valence-corrected chi connectivity index (χ1v) is 6.94. The third-order valence-corrected chi connectivity index (χ3v) is 4.04. The van der Waals surface area contributed by atoms with Crippen LogP contribution in [0.5, 0.6) is 0 Å². The van der Waals surface area contributed by atoms with E-state index in [4.69, 9.17) is 4.74 Å². The van der Waals surface area contributed by atoms with Gasteiger partial charge in [-0.25, -0.2) is 0 Å². The molecule has 1 saturated heterocycles. The molecule has 1 amide bonds. The Hall–Kier alpha value is -2.47. The lowest BCUT2D eigenvalue weighted by Gasteiger charge is -2.25. The number of para-hydroxylation sites is 1. The molecule has 1 aromatic rings. The minimum atomic E-state index is -1.31. The van der Waals surface area contributed by atoms with E-state index in [1.54, 1.807) is 36.4 Å². The molecule has 0 radical (unpaired) electrons. The van der Waals surface area contributed by atoms with Crippen LogP contribution in [0.2, 0.25) is 0 Å². The second-order valence-corrected chi connectivity index (χ2v) is 5.41.